The number of anilines is 1. The molecule has 7 heteroatoms. The number of carbonyl (C=O) groups is 1. The number of para-hydroxylation sites is 1. The van der Waals surface area contributed by atoms with E-state index in [2.05, 4.69) is 11.4 Å². The van der Waals surface area contributed by atoms with Crippen molar-refractivity contribution in [3.8, 4) is 17.2 Å². The Morgan fingerprint density at radius 2 is 1.90 bits per heavy atom. The summed E-state index contributed by atoms with van der Waals surface area (Å²) in [6.45, 7) is 0.193. The minimum atomic E-state index is -0.673. The van der Waals surface area contributed by atoms with E-state index in [1.54, 1.807) is 6.07 Å². The molecule has 0 spiro atoms. The number of benzene rings is 3. The maximum Gasteiger partial charge on any atom is 0.340 e. The first-order valence-electron chi connectivity index (χ1n) is 8.73. The normalized spacial score (nSPS) is 10.1. The van der Waals surface area contributed by atoms with Crippen molar-refractivity contribution in [2.24, 2.45) is 0 Å². The SMILES string of the molecule is COC(=O)c1cccc([N+](=O)[O-])c1NCc1ccc(-c2ccccc2)c(C#N)c1. The van der Waals surface area contributed by atoms with E-state index >= 15 is 0 Å². The fourth-order valence-corrected chi connectivity index (χ4v) is 3.01. The molecule has 0 saturated carbocycles. The van der Waals surface area contributed by atoms with Gasteiger partial charge in [0.05, 0.1) is 29.2 Å². The van der Waals surface area contributed by atoms with Crippen molar-refractivity contribution in [2.45, 2.75) is 6.54 Å². The van der Waals surface area contributed by atoms with Gasteiger partial charge >= 0.3 is 5.97 Å². The molecule has 0 fully saturated rings. The van der Waals surface area contributed by atoms with Gasteiger partial charge in [-0.3, -0.25) is 10.1 Å². The lowest BCUT2D eigenvalue weighted by Crippen LogP contribution is -2.10. The van der Waals surface area contributed by atoms with Gasteiger partial charge < -0.3 is 10.1 Å². The van der Waals surface area contributed by atoms with Crippen LogP contribution in [-0.4, -0.2) is 18.0 Å². The Kier molecular flexibility index (Phi) is 5.85. The molecule has 0 heterocycles. The molecule has 0 unspecified atom stereocenters. The Morgan fingerprint density at radius 1 is 1.14 bits per heavy atom. The quantitative estimate of drug-likeness (QED) is 0.378. The van der Waals surface area contributed by atoms with Gasteiger partial charge in [0.2, 0.25) is 0 Å². The first kappa shape index (κ1) is 19.6. The number of nitrogens with one attached hydrogen (secondary N) is 1. The van der Waals surface area contributed by atoms with Crippen molar-refractivity contribution < 1.29 is 14.5 Å². The summed E-state index contributed by atoms with van der Waals surface area (Å²) in [6.07, 6.45) is 0. The highest BCUT2D eigenvalue weighted by molar-refractivity contribution is 5.98. The van der Waals surface area contributed by atoms with Crippen LogP contribution >= 0.6 is 0 Å². The summed E-state index contributed by atoms with van der Waals surface area (Å²) in [5.41, 5.74) is 2.89. The van der Waals surface area contributed by atoms with Crippen molar-refractivity contribution in [3.63, 3.8) is 0 Å². The van der Waals surface area contributed by atoms with Gasteiger partial charge in [-0.25, -0.2) is 4.79 Å². The molecule has 3 aromatic carbocycles. The molecule has 0 aliphatic heterocycles. The van der Waals surface area contributed by atoms with E-state index < -0.39 is 10.9 Å². The van der Waals surface area contributed by atoms with Crippen LogP contribution in [0, 0.1) is 21.4 Å². The summed E-state index contributed by atoms with van der Waals surface area (Å²) in [5.74, 6) is -0.673. The smallest absolute Gasteiger partial charge is 0.340 e. The Balaban J connectivity index is 1.92. The van der Waals surface area contributed by atoms with Gasteiger partial charge in [-0.2, -0.15) is 5.26 Å². The Morgan fingerprint density at radius 3 is 2.55 bits per heavy atom. The standard InChI is InChI=1S/C22H17N3O4/c1-29-22(26)19-8-5-9-20(25(27)28)21(19)24-14-15-10-11-18(17(12-15)13-23)16-6-3-2-4-7-16/h2-12,24H,14H2,1H3. The van der Waals surface area contributed by atoms with Crippen LogP contribution in [0.3, 0.4) is 0 Å². The van der Waals surface area contributed by atoms with Crippen LogP contribution in [0.4, 0.5) is 11.4 Å². The molecule has 1 N–H and O–H groups in total. The molecular formula is C22H17N3O4. The maximum absolute atomic E-state index is 12.0. The number of ether oxygens (including phenoxy) is 1. The molecule has 0 saturated heterocycles. The van der Waals surface area contributed by atoms with Crippen LogP contribution in [-0.2, 0) is 11.3 Å². The van der Waals surface area contributed by atoms with Gasteiger partial charge in [-0.15, -0.1) is 0 Å². The largest absolute Gasteiger partial charge is 0.465 e. The number of hydrogen-bond acceptors (Lipinski definition) is 6. The number of rotatable bonds is 6. The van der Waals surface area contributed by atoms with Crippen molar-refractivity contribution in [1.82, 2.24) is 0 Å². The van der Waals surface area contributed by atoms with Crippen LogP contribution in [0.15, 0.2) is 66.7 Å². The van der Waals surface area contributed by atoms with E-state index in [1.807, 2.05) is 42.5 Å². The lowest BCUT2D eigenvalue weighted by atomic mass is 9.98. The first-order valence-corrected chi connectivity index (χ1v) is 8.73. The van der Waals surface area contributed by atoms with Crippen molar-refractivity contribution in [3.05, 3.63) is 93.5 Å². The van der Waals surface area contributed by atoms with Gasteiger partial charge in [-0.05, 0) is 28.8 Å². The molecular weight excluding hydrogens is 370 g/mol. The summed E-state index contributed by atoms with van der Waals surface area (Å²) in [7, 11) is 1.21. The highest BCUT2D eigenvalue weighted by atomic mass is 16.6. The number of hydrogen-bond donors (Lipinski definition) is 1. The highest BCUT2D eigenvalue weighted by Gasteiger charge is 2.22. The minimum Gasteiger partial charge on any atom is -0.465 e. The highest BCUT2D eigenvalue weighted by Crippen LogP contribution is 2.30. The molecule has 0 bridgehead atoms. The Labute approximate surface area is 167 Å². The zero-order chi connectivity index (χ0) is 20.8. The fraction of sp³-hybridized carbons (Fsp3) is 0.0909. The minimum absolute atomic E-state index is 0.0723. The molecule has 144 valence electrons. The second-order valence-electron chi connectivity index (χ2n) is 6.16. The molecule has 0 amide bonds. The molecule has 0 aliphatic carbocycles. The predicted octanol–water partition coefficient (Wildman–Crippen LogP) is 4.53. The molecule has 29 heavy (non-hydrogen) atoms. The summed E-state index contributed by atoms with van der Waals surface area (Å²) >= 11 is 0. The van der Waals surface area contributed by atoms with Gasteiger partial charge in [0.15, 0.2) is 0 Å². The maximum atomic E-state index is 12.0. The first-order chi connectivity index (χ1) is 14.0. The number of carbonyl (C=O) groups excluding carboxylic acids is 1. The average Bonchev–Trinajstić information content (AvgIpc) is 2.77. The van der Waals surface area contributed by atoms with Crippen LogP contribution in [0.5, 0.6) is 0 Å². The van der Waals surface area contributed by atoms with E-state index in [0.29, 0.717) is 5.56 Å². The molecule has 7 nitrogen and oxygen atoms in total. The average molecular weight is 387 g/mol. The lowest BCUT2D eigenvalue weighted by molar-refractivity contribution is -0.384. The lowest BCUT2D eigenvalue weighted by Gasteiger charge is -2.12. The Bertz CT molecular complexity index is 1100. The summed E-state index contributed by atoms with van der Waals surface area (Å²) < 4.78 is 4.72. The van der Waals surface area contributed by atoms with Crippen molar-refractivity contribution in [1.29, 1.82) is 5.26 Å². The van der Waals surface area contributed by atoms with E-state index in [1.165, 1.54) is 25.3 Å². The predicted molar refractivity (Wildman–Crippen MR) is 108 cm³/mol. The van der Waals surface area contributed by atoms with Crippen LogP contribution in [0.1, 0.15) is 21.5 Å². The number of nitriles is 1. The van der Waals surface area contributed by atoms with E-state index in [9.17, 15) is 20.2 Å². The summed E-state index contributed by atoms with van der Waals surface area (Å²) in [6, 6.07) is 21.3. The van der Waals surface area contributed by atoms with Crippen LogP contribution in [0.2, 0.25) is 0 Å². The number of nitro groups is 1. The third-order valence-corrected chi connectivity index (χ3v) is 4.40. The fourth-order valence-electron chi connectivity index (χ4n) is 3.01. The molecule has 0 atom stereocenters. The second-order valence-corrected chi connectivity index (χ2v) is 6.16. The third kappa shape index (κ3) is 4.22. The van der Waals surface area contributed by atoms with E-state index in [-0.39, 0.29) is 23.5 Å². The van der Waals surface area contributed by atoms with Crippen LogP contribution in [0.25, 0.3) is 11.1 Å². The van der Waals surface area contributed by atoms with Gasteiger partial charge in [-0.1, -0.05) is 48.5 Å². The monoisotopic (exact) mass is 387 g/mol. The van der Waals surface area contributed by atoms with E-state index in [0.717, 1.165) is 16.7 Å². The summed E-state index contributed by atoms with van der Waals surface area (Å²) in [4.78, 5) is 22.8. The van der Waals surface area contributed by atoms with Crippen molar-refractivity contribution >= 4 is 17.3 Å². The zero-order valence-electron chi connectivity index (χ0n) is 15.6. The topological polar surface area (TPSA) is 105 Å². The number of nitrogens with zero attached hydrogens (tertiary/aromatic N) is 2. The zero-order valence-corrected chi connectivity index (χ0v) is 15.6. The van der Waals surface area contributed by atoms with Crippen LogP contribution < -0.4 is 5.32 Å². The summed E-state index contributed by atoms with van der Waals surface area (Å²) in [5, 5.41) is 23.9. The molecule has 0 aliphatic rings. The molecule has 3 aromatic rings. The molecule has 3 rings (SSSR count). The Hall–Kier alpha value is -4.18. The second kappa shape index (κ2) is 8.67. The van der Waals surface area contributed by atoms with Crippen molar-refractivity contribution in [2.75, 3.05) is 12.4 Å². The van der Waals surface area contributed by atoms with Gasteiger partial charge in [0, 0.05) is 12.6 Å². The molecule has 0 radical (unpaired) electrons. The van der Waals surface area contributed by atoms with Gasteiger partial charge in [0.1, 0.15) is 5.69 Å². The van der Waals surface area contributed by atoms with E-state index in [4.69, 9.17) is 4.74 Å². The molecule has 0 aromatic heterocycles. The number of esters is 1. The van der Waals surface area contributed by atoms with Gasteiger partial charge in [0.25, 0.3) is 5.69 Å². The number of methoxy groups -OCH3 is 1. The number of nitro benzene ring substituents is 1. The third-order valence-electron chi connectivity index (χ3n) is 4.40.